The highest BCUT2D eigenvalue weighted by Crippen LogP contribution is 2.28. The van der Waals surface area contributed by atoms with Crippen LogP contribution in [0.1, 0.15) is 11.6 Å². The first-order valence-corrected chi connectivity index (χ1v) is 6.79. The molecule has 0 aromatic heterocycles. The molecule has 2 rings (SSSR count). The van der Waals surface area contributed by atoms with Gasteiger partial charge in [-0.15, -0.1) is 0 Å². The highest BCUT2D eigenvalue weighted by Gasteiger charge is 2.22. The minimum absolute atomic E-state index is 0.00731. The van der Waals surface area contributed by atoms with Crippen molar-refractivity contribution in [2.75, 3.05) is 26.5 Å². The van der Waals surface area contributed by atoms with Gasteiger partial charge in [0.15, 0.2) is 0 Å². The summed E-state index contributed by atoms with van der Waals surface area (Å²) in [6, 6.07) is 16.8. The molecule has 1 unspecified atom stereocenters. The normalized spacial score (nSPS) is 11.6. The van der Waals surface area contributed by atoms with Gasteiger partial charge in [-0.3, -0.25) is 4.79 Å². The van der Waals surface area contributed by atoms with Gasteiger partial charge >= 0.3 is 0 Å². The van der Waals surface area contributed by atoms with Gasteiger partial charge in [-0.2, -0.15) is 0 Å². The summed E-state index contributed by atoms with van der Waals surface area (Å²) in [4.78, 5) is 14.1. The molecule has 1 atom stereocenters. The van der Waals surface area contributed by atoms with Gasteiger partial charge in [-0.1, -0.05) is 42.5 Å². The number of nitrogens with one attached hydrogen (secondary N) is 1. The fourth-order valence-electron chi connectivity index (χ4n) is 2.11. The van der Waals surface area contributed by atoms with Crippen LogP contribution in [-0.2, 0) is 4.79 Å². The Morgan fingerprint density at radius 2 is 1.67 bits per heavy atom. The summed E-state index contributed by atoms with van der Waals surface area (Å²) in [6.45, 7) is 0. The van der Waals surface area contributed by atoms with Crippen molar-refractivity contribution in [1.29, 1.82) is 0 Å². The quantitative estimate of drug-likeness (QED) is 0.918. The number of para-hydroxylation sites is 2. The average molecular weight is 284 g/mol. The number of benzene rings is 2. The van der Waals surface area contributed by atoms with Crippen LogP contribution in [0, 0.1) is 0 Å². The first kappa shape index (κ1) is 14.9. The minimum Gasteiger partial charge on any atom is -0.495 e. The molecule has 2 aromatic carbocycles. The van der Waals surface area contributed by atoms with Gasteiger partial charge in [0.2, 0.25) is 5.91 Å². The maximum absolute atomic E-state index is 12.5. The SMILES string of the molecule is COc1ccccc1NC(C(=O)N(C)C)c1ccccc1. The molecule has 0 fully saturated rings. The van der Waals surface area contributed by atoms with Crippen LogP contribution in [0.2, 0.25) is 0 Å². The number of rotatable bonds is 5. The Balaban J connectivity index is 2.35. The molecule has 110 valence electrons. The lowest BCUT2D eigenvalue weighted by Gasteiger charge is -2.24. The highest BCUT2D eigenvalue weighted by molar-refractivity contribution is 5.86. The fourth-order valence-corrected chi connectivity index (χ4v) is 2.11. The Bertz CT molecular complexity index is 597. The van der Waals surface area contributed by atoms with Gasteiger partial charge in [0.1, 0.15) is 11.8 Å². The predicted octanol–water partition coefficient (Wildman–Crippen LogP) is 2.94. The number of ether oxygens (including phenoxy) is 1. The van der Waals surface area contributed by atoms with E-state index < -0.39 is 6.04 Å². The number of hydrogen-bond acceptors (Lipinski definition) is 3. The van der Waals surface area contributed by atoms with Crippen molar-refractivity contribution in [3.8, 4) is 5.75 Å². The molecule has 0 aliphatic rings. The molecule has 0 heterocycles. The third-order valence-electron chi connectivity index (χ3n) is 3.23. The molecule has 4 nitrogen and oxygen atoms in total. The third kappa shape index (κ3) is 3.54. The lowest BCUT2D eigenvalue weighted by atomic mass is 10.1. The van der Waals surface area contributed by atoms with Crippen molar-refractivity contribution in [3.63, 3.8) is 0 Å². The highest BCUT2D eigenvalue weighted by atomic mass is 16.5. The maximum atomic E-state index is 12.5. The molecular formula is C17H20N2O2. The Morgan fingerprint density at radius 1 is 1.05 bits per heavy atom. The summed E-state index contributed by atoms with van der Waals surface area (Å²) in [5.74, 6) is 0.706. The number of carbonyl (C=O) groups excluding carboxylic acids is 1. The lowest BCUT2D eigenvalue weighted by molar-refractivity contribution is -0.129. The third-order valence-corrected chi connectivity index (χ3v) is 3.23. The van der Waals surface area contributed by atoms with Crippen molar-refractivity contribution >= 4 is 11.6 Å². The molecule has 0 radical (unpaired) electrons. The summed E-state index contributed by atoms with van der Waals surface area (Å²) in [6.07, 6.45) is 0. The molecule has 0 bridgehead atoms. The second kappa shape index (κ2) is 6.79. The van der Waals surface area contributed by atoms with Crippen LogP contribution >= 0.6 is 0 Å². The molecule has 1 amide bonds. The van der Waals surface area contributed by atoms with Gasteiger partial charge in [-0.25, -0.2) is 0 Å². The summed E-state index contributed by atoms with van der Waals surface area (Å²) in [7, 11) is 5.12. The molecule has 4 heteroatoms. The van der Waals surface area contributed by atoms with E-state index in [1.807, 2.05) is 54.6 Å². The zero-order valence-corrected chi connectivity index (χ0v) is 12.5. The molecule has 21 heavy (non-hydrogen) atoms. The van der Waals surface area contributed by atoms with Gasteiger partial charge in [-0.05, 0) is 17.7 Å². The number of hydrogen-bond donors (Lipinski definition) is 1. The Hall–Kier alpha value is -2.49. The Kier molecular flexibility index (Phi) is 4.82. The Labute approximate surface area is 125 Å². The van der Waals surface area contributed by atoms with Crippen molar-refractivity contribution in [2.45, 2.75) is 6.04 Å². The van der Waals surface area contributed by atoms with E-state index in [0.29, 0.717) is 5.75 Å². The minimum atomic E-state index is -0.447. The molecular weight excluding hydrogens is 264 g/mol. The first-order valence-electron chi connectivity index (χ1n) is 6.79. The summed E-state index contributed by atoms with van der Waals surface area (Å²) in [5, 5.41) is 3.28. The topological polar surface area (TPSA) is 41.6 Å². The molecule has 0 aliphatic carbocycles. The van der Waals surface area contributed by atoms with E-state index in [4.69, 9.17) is 4.74 Å². The van der Waals surface area contributed by atoms with Crippen molar-refractivity contribution < 1.29 is 9.53 Å². The smallest absolute Gasteiger partial charge is 0.249 e. The van der Waals surface area contributed by atoms with Crippen molar-refractivity contribution in [3.05, 3.63) is 60.2 Å². The van der Waals surface area contributed by atoms with E-state index in [9.17, 15) is 4.79 Å². The largest absolute Gasteiger partial charge is 0.495 e. The first-order chi connectivity index (χ1) is 10.1. The second-order valence-electron chi connectivity index (χ2n) is 4.92. The molecule has 1 N–H and O–H groups in total. The van der Waals surface area contributed by atoms with Crippen LogP contribution in [0.5, 0.6) is 5.75 Å². The summed E-state index contributed by atoms with van der Waals surface area (Å²) >= 11 is 0. The van der Waals surface area contributed by atoms with Crippen LogP contribution in [-0.4, -0.2) is 32.0 Å². The van der Waals surface area contributed by atoms with E-state index in [1.54, 1.807) is 26.1 Å². The van der Waals surface area contributed by atoms with Crippen molar-refractivity contribution in [1.82, 2.24) is 4.90 Å². The fraction of sp³-hybridized carbons (Fsp3) is 0.235. The van der Waals surface area contributed by atoms with Gasteiger partial charge < -0.3 is 15.0 Å². The van der Waals surface area contributed by atoms with Crippen LogP contribution < -0.4 is 10.1 Å². The molecule has 0 spiro atoms. The van der Waals surface area contributed by atoms with Crippen LogP contribution in [0.4, 0.5) is 5.69 Å². The van der Waals surface area contributed by atoms with Crippen molar-refractivity contribution in [2.24, 2.45) is 0 Å². The van der Waals surface area contributed by atoms with E-state index in [1.165, 1.54) is 0 Å². The summed E-state index contributed by atoms with van der Waals surface area (Å²) in [5.41, 5.74) is 1.71. The van der Waals surface area contributed by atoms with Crippen LogP contribution in [0.3, 0.4) is 0 Å². The zero-order chi connectivity index (χ0) is 15.2. The van der Waals surface area contributed by atoms with E-state index in [2.05, 4.69) is 5.32 Å². The Morgan fingerprint density at radius 3 is 2.29 bits per heavy atom. The number of anilines is 1. The summed E-state index contributed by atoms with van der Waals surface area (Å²) < 4.78 is 5.33. The van der Waals surface area contributed by atoms with Crippen LogP contribution in [0.25, 0.3) is 0 Å². The van der Waals surface area contributed by atoms with Gasteiger partial charge in [0.25, 0.3) is 0 Å². The number of methoxy groups -OCH3 is 1. The maximum Gasteiger partial charge on any atom is 0.249 e. The standard InChI is InChI=1S/C17H20N2O2/c1-19(2)17(20)16(13-9-5-4-6-10-13)18-14-11-7-8-12-15(14)21-3/h4-12,16,18H,1-3H3. The molecule has 0 saturated carbocycles. The lowest BCUT2D eigenvalue weighted by Crippen LogP contribution is -2.32. The second-order valence-corrected chi connectivity index (χ2v) is 4.92. The van der Waals surface area contributed by atoms with E-state index in [-0.39, 0.29) is 5.91 Å². The number of carbonyl (C=O) groups is 1. The number of nitrogens with zero attached hydrogens (tertiary/aromatic N) is 1. The molecule has 0 saturated heterocycles. The zero-order valence-electron chi connectivity index (χ0n) is 12.5. The molecule has 0 aliphatic heterocycles. The average Bonchev–Trinajstić information content (AvgIpc) is 2.53. The monoisotopic (exact) mass is 284 g/mol. The van der Waals surface area contributed by atoms with Crippen LogP contribution in [0.15, 0.2) is 54.6 Å². The van der Waals surface area contributed by atoms with Gasteiger partial charge in [0.05, 0.1) is 12.8 Å². The predicted molar refractivity (Wildman–Crippen MR) is 84.5 cm³/mol. The van der Waals surface area contributed by atoms with E-state index >= 15 is 0 Å². The van der Waals surface area contributed by atoms with Gasteiger partial charge in [0, 0.05) is 14.1 Å². The molecule has 2 aromatic rings. The number of amides is 1. The van der Waals surface area contributed by atoms with E-state index in [0.717, 1.165) is 11.3 Å². The number of likely N-dealkylation sites (N-methyl/N-ethyl adjacent to an activating group) is 1.